The number of nitrogens with one attached hydrogen (secondary N) is 1. The minimum absolute atomic E-state index is 0.175. The number of carbonyl (C=O) groups is 3. The van der Waals surface area contributed by atoms with Crippen LogP contribution in [0.25, 0.3) is 0 Å². The van der Waals surface area contributed by atoms with Crippen LogP contribution in [0.15, 0.2) is 67.0 Å². The SMILES string of the molecule is O=C(Nc1ccccn1)c1ccc2c(c1)C(=O)N(c1ccccn1)C2=O. The first-order chi connectivity index (χ1) is 12.6. The molecule has 0 bridgehead atoms. The number of hydrogen-bond acceptors (Lipinski definition) is 5. The van der Waals surface area contributed by atoms with E-state index in [0.29, 0.717) is 5.82 Å². The zero-order valence-corrected chi connectivity index (χ0v) is 13.4. The lowest BCUT2D eigenvalue weighted by Gasteiger charge is -2.11. The number of pyridine rings is 2. The second-order valence-corrected chi connectivity index (χ2v) is 5.56. The Morgan fingerprint density at radius 1 is 0.846 bits per heavy atom. The van der Waals surface area contributed by atoms with Gasteiger partial charge in [-0.1, -0.05) is 12.1 Å². The second-order valence-electron chi connectivity index (χ2n) is 5.56. The van der Waals surface area contributed by atoms with Gasteiger partial charge in [0.1, 0.15) is 11.6 Å². The predicted octanol–water partition coefficient (Wildman–Crippen LogP) is 2.53. The van der Waals surface area contributed by atoms with Crippen molar-refractivity contribution in [3.8, 4) is 0 Å². The molecule has 2 aromatic heterocycles. The molecule has 7 nitrogen and oxygen atoms in total. The van der Waals surface area contributed by atoms with Crippen LogP contribution in [0.4, 0.5) is 11.6 Å². The number of amides is 3. The molecule has 0 saturated heterocycles. The van der Waals surface area contributed by atoms with Crippen LogP contribution in [0.5, 0.6) is 0 Å². The third-order valence-corrected chi connectivity index (χ3v) is 3.93. The standard InChI is InChI=1S/C19H12N4O3/c24-17(22-15-5-1-3-9-20-15)12-7-8-13-14(11-12)19(26)23(18(13)25)16-6-2-4-10-21-16/h1-11H,(H,20,22,24). The number of imide groups is 1. The highest BCUT2D eigenvalue weighted by molar-refractivity contribution is 6.34. The van der Waals surface area contributed by atoms with Crippen LogP contribution in [-0.2, 0) is 0 Å². The highest BCUT2D eigenvalue weighted by Gasteiger charge is 2.37. The first kappa shape index (κ1) is 15.6. The minimum atomic E-state index is -0.504. The molecule has 0 unspecified atom stereocenters. The molecule has 1 aliphatic heterocycles. The number of rotatable bonds is 3. The van der Waals surface area contributed by atoms with E-state index >= 15 is 0 Å². The lowest BCUT2D eigenvalue weighted by molar-refractivity contribution is 0.0924. The average molecular weight is 344 g/mol. The van der Waals surface area contributed by atoms with E-state index < -0.39 is 17.7 Å². The first-order valence-corrected chi connectivity index (χ1v) is 7.81. The van der Waals surface area contributed by atoms with E-state index in [1.165, 1.54) is 24.4 Å². The van der Waals surface area contributed by atoms with E-state index in [-0.39, 0.29) is 22.5 Å². The van der Waals surface area contributed by atoms with Gasteiger partial charge in [-0.2, -0.15) is 0 Å². The summed E-state index contributed by atoms with van der Waals surface area (Å²) >= 11 is 0. The lowest BCUT2D eigenvalue weighted by Crippen LogP contribution is -2.30. The summed E-state index contributed by atoms with van der Waals surface area (Å²) in [5, 5.41) is 2.65. The molecule has 0 radical (unpaired) electrons. The van der Waals surface area contributed by atoms with Gasteiger partial charge in [-0.3, -0.25) is 14.4 Å². The Morgan fingerprint density at radius 2 is 1.58 bits per heavy atom. The van der Waals surface area contributed by atoms with Gasteiger partial charge in [-0.05, 0) is 42.5 Å². The zero-order valence-electron chi connectivity index (χ0n) is 13.4. The van der Waals surface area contributed by atoms with Crippen molar-refractivity contribution in [1.82, 2.24) is 9.97 Å². The molecule has 0 aliphatic carbocycles. The topological polar surface area (TPSA) is 92.3 Å². The average Bonchev–Trinajstić information content (AvgIpc) is 2.93. The molecule has 3 aromatic rings. The van der Waals surface area contributed by atoms with Crippen molar-refractivity contribution < 1.29 is 14.4 Å². The molecule has 7 heteroatoms. The molecule has 4 rings (SSSR count). The summed E-state index contributed by atoms with van der Waals surface area (Å²) in [6, 6.07) is 14.5. The Bertz CT molecular complexity index is 1020. The predicted molar refractivity (Wildman–Crippen MR) is 94.0 cm³/mol. The van der Waals surface area contributed by atoms with Crippen LogP contribution >= 0.6 is 0 Å². The van der Waals surface area contributed by atoms with Crippen LogP contribution in [0, 0.1) is 0 Å². The molecule has 1 N–H and O–H groups in total. The quantitative estimate of drug-likeness (QED) is 0.737. The van der Waals surface area contributed by atoms with Crippen LogP contribution in [0.2, 0.25) is 0 Å². The van der Waals surface area contributed by atoms with Crippen LogP contribution in [-0.4, -0.2) is 27.7 Å². The summed E-state index contributed by atoms with van der Waals surface area (Å²) < 4.78 is 0. The van der Waals surface area contributed by atoms with Crippen LogP contribution < -0.4 is 10.2 Å². The van der Waals surface area contributed by atoms with Gasteiger partial charge < -0.3 is 5.32 Å². The Balaban J connectivity index is 1.65. The summed E-state index contributed by atoms with van der Waals surface area (Å²) in [7, 11) is 0. The monoisotopic (exact) mass is 344 g/mol. The van der Waals surface area contributed by atoms with Gasteiger partial charge in [-0.25, -0.2) is 14.9 Å². The summed E-state index contributed by atoms with van der Waals surface area (Å²) in [6.45, 7) is 0. The number of benzene rings is 1. The highest BCUT2D eigenvalue weighted by atomic mass is 16.2. The molecule has 3 amide bonds. The number of aromatic nitrogens is 2. The highest BCUT2D eigenvalue weighted by Crippen LogP contribution is 2.27. The van der Waals surface area contributed by atoms with Gasteiger partial charge in [0, 0.05) is 18.0 Å². The molecule has 0 spiro atoms. The maximum absolute atomic E-state index is 12.7. The number of hydrogen-bond donors (Lipinski definition) is 1. The number of fused-ring (bicyclic) bond motifs is 1. The third kappa shape index (κ3) is 2.61. The number of carbonyl (C=O) groups excluding carboxylic acids is 3. The van der Waals surface area contributed by atoms with Gasteiger partial charge in [0.2, 0.25) is 0 Å². The van der Waals surface area contributed by atoms with E-state index in [2.05, 4.69) is 15.3 Å². The molecule has 1 aromatic carbocycles. The van der Waals surface area contributed by atoms with Crippen molar-refractivity contribution in [2.24, 2.45) is 0 Å². The summed E-state index contributed by atoms with van der Waals surface area (Å²) in [4.78, 5) is 46.7. The maximum atomic E-state index is 12.7. The molecule has 0 atom stereocenters. The fourth-order valence-corrected chi connectivity index (χ4v) is 2.70. The molecule has 0 fully saturated rings. The van der Waals surface area contributed by atoms with E-state index in [4.69, 9.17) is 0 Å². The first-order valence-electron chi connectivity index (χ1n) is 7.81. The van der Waals surface area contributed by atoms with Gasteiger partial charge in [0.25, 0.3) is 17.7 Å². The summed E-state index contributed by atoms with van der Waals surface area (Å²) in [6.07, 6.45) is 3.07. The summed E-state index contributed by atoms with van der Waals surface area (Å²) in [5.74, 6) is -0.728. The second kappa shape index (κ2) is 6.21. The number of nitrogens with zero attached hydrogens (tertiary/aromatic N) is 3. The zero-order chi connectivity index (χ0) is 18.1. The summed E-state index contributed by atoms with van der Waals surface area (Å²) in [5.41, 5.74) is 0.683. The molecular formula is C19H12N4O3. The maximum Gasteiger partial charge on any atom is 0.267 e. The van der Waals surface area contributed by atoms with Gasteiger partial charge in [0.05, 0.1) is 11.1 Å². The van der Waals surface area contributed by atoms with E-state index in [1.807, 2.05) is 0 Å². The van der Waals surface area contributed by atoms with Gasteiger partial charge in [0.15, 0.2) is 0 Å². The smallest absolute Gasteiger partial charge is 0.267 e. The molecule has 126 valence electrons. The largest absolute Gasteiger partial charge is 0.307 e. The van der Waals surface area contributed by atoms with E-state index in [1.54, 1.807) is 42.6 Å². The molecule has 0 saturated carbocycles. The molecule has 1 aliphatic rings. The minimum Gasteiger partial charge on any atom is -0.307 e. The van der Waals surface area contributed by atoms with Crippen molar-refractivity contribution in [2.75, 3.05) is 10.2 Å². The Labute approximate surface area is 148 Å². The normalized spacial score (nSPS) is 12.8. The van der Waals surface area contributed by atoms with Crippen molar-refractivity contribution in [2.45, 2.75) is 0 Å². The van der Waals surface area contributed by atoms with Crippen LogP contribution in [0.1, 0.15) is 31.1 Å². The number of anilines is 2. The van der Waals surface area contributed by atoms with Crippen LogP contribution in [0.3, 0.4) is 0 Å². The van der Waals surface area contributed by atoms with E-state index in [0.717, 1.165) is 4.90 Å². The molecular weight excluding hydrogens is 332 g/mol. The van der Waals surface area contributed by atoms with Crippen molar-refractivity contribution in [1.29, 1.82) is 0 Å². The van der Waals surface area contributed by atoms with Crippen molar-refractivity contribution in [3.63, 3.8) is 0 Å². The van der Waals surface area contributed by atoms with E-state index in [9.17, 15) is 14.4 Å². The fraction of sp³-hybridized carbons (Fsp3) is 0. The van der Waals surface area contributed by atoms with Crippen molar-refractivity contribution in [3.05, 3.63) is 83.7 Å². The van der Waals surface area contributed by atoms with Gasteiger partial charge in [-0.15, -0.1) is 0 Å². The van der Waals surface area contributed by atoms with Crippen molar-refractivity contribution >= 4 is 29.4 Å². The van der Waals surface area contributed by atoms with Gasteiger partial charge >= 0.3 is 0 Å². The molecule has 3 heterocycles. The Morgan fingerprint density at radius 3 is 2.27 bits per heavy atom. The lowest BCUT2D eigenvalue weighted by atomic mass is 10.1. The molecule has 26 heavy (non-hydrogen) atoms. The Hall–Kier alpha value is -3.87. The Kier molecular flexibility index (Phi) is 3.74. The third-order valence-electron chi connectivity index (χ3n) is 3.93. The fourth-order valence-electron chi connectivity index (χ4n) is 2.70.